The highest BCUT2D eigenvalue weighted by molar-refractivity contribution is 6.30. The molecule has 10 heteroatoms. The lowest BCUT2D eigenvalue weighted by atomic mass is 10.0. The molecule has 0 saturated carbocycles. The molecule has 3 N–H and O–H groups in total. The molecule has 198 valence electrons. The van der Waals surface area contributed by atoms with Crippen LogP contribution in [0, 0.1) is 12.7 Å². The van der Waals surface area contributed by atoms with Crippen molar-refractivity contribution in [3.8, 4) is 16.9 Å². The molecule has 0 atom stereocenters. The Morgan fingerprint density at radius 1 is 1.18 bits per heavy atom. The van der Waals surface area contributed by atoms with Crippen molar-refractivity contribution in [2.75, 3.05) is 11.9 Å². The molecule has 0 bridgehead atoms. The summed E-state index contributed by atoms with van der Waals surface area (Å²) in [5.41, 5.74) is 2.44. The molecule has 38 heavy (non-hydrogen) atoms. The third-order valence-corrected chi connectivity index (χ3v) is 6.15. The smallest absolute Gasteiger partial charge is 0.294 e. The van der Waals surface area contributed by atoms with Gasteiger partial charge >= 0.3 is 0 Å². The molecule has 0 aliphatic heterocycles. The van der Waals surface area contributed by atoms with Gasteiger partial charge in [-0.15, -0.1) is 10.2 Å². The number of carbonyl (C=O) groups excluding carboxylic acids is 1. The molecule has 0 aliphatic carbocycles. The second-order valence-electron chi connectivity index (χ2n) is 9.64. The van der Waals surface area contributed by atoms with Crippen molar-refractivity contribution in [1.82, 2.24) is 20.2 Å². The summed E-state index contributed by atoms with van der Waals surface area (Å²) in [6.07, 6.45) is 3.09. The average Bonchev–Trinajstić information content (AvgIpc) is 3.34. The molecule has 1 amide bonds. The van der Waals surface area contributed by atoms with Crippen LogP contribution in [0.25, 0.3) is 11.1 Å². The largest absolute Gasteiger partial charge is 0.494 e. The highest BCUT2D eigenvalue weighted by Gasteiger charge is 2.16. The SMILES string of the molecule is Cc1ccc(OCCCC(C)(C)O)cc1-c1ccnc(NC(=O)c2nnc(Cc3cccc(Cl)c3F)[nH]2)c1. The average molecular weight is 538 g/mol. The number of ether oxygens (including phenoxy) is 1. The molecule has 2 aromatic heterocycles. The molecular formula is C28H29ClFN5O3. The van der Waals surface area contributed by atoms with E-state index in [4.69, 9.17) is 16.3 Å². The van der Waals surface area contributed by atoms with E-state index < -0.39 is 17.3 Å². The van der Waals surface area contributed by atoms with Gasteiger partial charge in [-0.3, -0.25) is 4.79 Å². The van der Waals surface area contributed by atoms with Crippen LogP contribution in [0.1, 0.15) is 54.3 Å². The lowest BCUT2D eigenvalue weighted by molar-refractivity contribution is 0.0641. The minimum atomic E-state index is -0.721. The third-order valence-electron chi connectivity index (χ3n) is 5.86. The number of aliphatic hydroxyl groups is 1. The topological polar surface area (TPSA) is 113 Å². The van der Waals surface area contributed by atoms with Crippen molar-refractivity contribution < 1.29 is 19.0 Å². The Balaban J connectivity index is 1.43. The lowest BCUT2D eigenvalue weighted by Crippen LogP contribution is -2.19. The molecular weight excluding hydrogens is 509 g/mol. The van der Waals surface area contributed by atoms with Crippen molar-refractivity contribution in [3.63, 3.8) is 0 Å². The van der Waals surface area contributed by atoms with Gasteiger partial charge in [-0.05, 0) is 86.2 Å². The van der Waals surface area contributed by atoms with E-state index >= 15 is 0 Å². The van der Waals surface area contributed by atoms with Crippen LogP contribution in [0.2, 0.25) is 5.02 Å². The van der Waals surface area contributed by atoms with E-state index in [2.05, 4.69) is 25.5 Å². The van der Waals surface area contributed by atoms with E-state index in [0.717, 1.165) is 23.1 Å². The number of pyridine rings is 1. The van der Waals surface area contributed by atoms with Crippen LogP contribution in [0.5, 0.6) is 5.75 Å². The number of benzene rings is 2. The van der Waals surface area contributed by atoms with Gasteiger partial charge in [-0.1, -0.05) is 29.8 Å². The predicted octanol–water partition coefficient (Wildman–Crippen LogP) is 5.74. The van der Waals surface area contributed by atoms with Crippen LogP contribution in [-0.4, -0.2) is 43.4 Å². The fraction of sp³-hybridized carbons (Fsp3) is 0.286. The molecule has 0 radical (unpaired) electrons. The summed E-state index contributed by atoms with van der Waals surface area (Å²) in [5, 5.41) is 20.4. The maximum Gasteiger partial charge on any atom is 0.294 e. The van der Waals surface area contributed by atoms with E-state index in [1.165, 1.54) is 6.07 Å². The van der Waals surface area contributed by atoms with E-state index in [1.54, 1.807) is 38.2 Å². The van der Waals surface area contributed by atoms with E-state index in [9.17, 15) is 14.3 Å². The first-order valence-electron chi connectivity index (χ1n) is 12.2. The number of amides is 1. The van der Waals surface area contributed by atoms with Crippen molar-refractivity contribution in [2.45, 2.75) is 45.6 Å². The maximum atomic E-state index is 14.2. The number of aromatic nitrogens is 4. The van der Waals surface area contributed by atoms with Crippen LogP contribution >= 0.6 is 11.6 Å². The second kappa shape index (κ2) is 11.7. The zero-order chi connectivity index (χ0) is 27.3. The third kappa shape index (κ3) is 7.14. The van der Waals surface area contributed by atoms with Crippen molar-refractivity contribution >= 4 is 23.3 Å². The summed E-state index contributed by atoms with van der Waals surface area (Å²) < 4.78 is 20.1. The van der Waals surface area contributed by atoms with Crippen LogP contribution in [0.15, 0.2) is 54.7 Å². The first kappa shape index (κ1) is 27.2. The number of rotatable bonds is 10. The highest BCUT2D eigenvalue weighted by Crippen LogP contribution is 2.29. The van der Waals surface area contributed by atoms with E-state index in [1.807, 2.05) is 31.2 Å². The molecule has 2 heterocycles. The second-order valence-corrected chi connectivity index (χ2v) is 10.0. The zero-order valence-electron chi connectivity index (χ0n) is 21.4. The molecule has 0 fully saturated rings. The Bertz CT molecular complexity index is 1430. The quantitative estimate of drug-likeness (QED) is 0.222. The van der Waals surface area contributed by atoms with E-state index in [-0.39, 0.29) is 17.3 Å². The number of aryl methyl sites for hydroxylation is 1. The minimum Gasteiger partial charge on any atom is -0.494 e. The summed E-state index contributed by atoms with van der Waals surface area (Å²) in [7, 11) is 0. The Morgan fingerprint density at radius 2 is 2.00 bits per heavy atom. The standard InChI is InChI=1S/C28H29ClFN5O3/c1-17-8-9-20(38-13-5-11-28(2,3)37)16-21(17)18-10-12-31-23(14-18)33-27(36)26-32-24(34-35-26)15-19-6-4-7-22(29)25(19)30/h4,6-10,12,14,16,37H,5,11,13,15H2,1-3H3,(H,31,33,36)(H,32,34,35). The number of aromatic amines is 1. The molecule has 0 unspecified atom stereocenters. The summed E-state index contributed by atoms with van der Waals surface area (Å²) >= 11 is 5.84. The first-order chi connectivity index (χ1) is 18.1. The highest BCUT2D eigenvalue weighted by atomic mass is 35.5. The van der Waals surface area contributed by atoms with Gasteiger partial charge in [0.1, 0.15) is 23.2 Å². The van der Waals surface area contributed by atoms with Crippen LogP contribution < -0.4 is 10.1 Å². The van der Waals surface area contributed by atoms with Crippen molar-refractivity contribution in [3.05, 3.63) is 88.3 Å². The molecule has 8 nitrogen and oxygen atoms in total. The van der Waals surface area contributed by atoms with Gasteiger partial charge in [-0.2, -0.15) is 0 Å². The number of nitrogens with one attached hydrogen (secondary N) is 2. The van der Waals surface area contributed by atoms with Crippen LogP contribution in [-0.2, 0) is 6.42 Å². The zero-order valence-corrected chi connectivity index (χ0v) is 22.1. The number of anilines is 1. The van der Waals surface area contributed by atoms with Gasteiger partial charge < -0.3 is 20.1 Å². The Hall–Kier alpha value is -3.82. The fourth-order valence-corrected chi connectivity index (χ4v) is 4.08. The number of hydrogen-bond acceptors (Lipinski definition) is 6. The lowest BCUT2D eigenvalue weighted by Gasteiger charge is -2.17. The minimum absolute atomic E-state index is 0.0176. The Kier molecular flexibility index (Phi) is 8.38. The van der Waals surface area contributed by atoms with Crippen molar-refractivity contribution in [1.29, 1.82) is 0 Å². The van der Waals surface area contributed by atoms with Crippen molar-refractivity contribution in [2.24, 2.45) is 0 Å². The van der Waals surface area contributed by atoms with Gasteiger partial charge in [0.25, 0.3) is 5.91 Å². The van der Waals surface area contributed by atoms with Crippen LogP contribution in [0.3, 0.4) is 0 Å². The first-order valence-corrected chi connectivity index (χ1v) is 12.5. The number of carbonyl (C=O) groups is 1. The van der Waals surface area contributed by atoms with Gasteiger partial charge in [0, 0.05) is 12.6 Å². The summed E-state index contributed by atoms with van der Waals surface area (Å²) in [6, 6.07) is 14.1. The number of H-pyrrole nitrogens is 1. The van der Waals surface area contributed by atoms with Gasteiger partial charge in [0.05, 0.1) is 17.2 Å². The monoisotopic (exact) mass is 537 g/mol. The molecule has 4 rings (SSSR count). The number of halogens is 2. The molecule has 0 aliphatic rings. The normalized spacial score (nSPS) is 11.4. The van der Waals surface area contributed by atoms with Crippen LogP contribution in [0.4, 0.5) is 10.2 Å². The summed E-state index contributed by atoms with van der Waals surface area (Å²) in [6.45, 7) is 6.04. The molecule has 0 spiro atoms. The fourth-order valence-electron chi connectivity index (χ4n) is 3.88. The maximum absolute atomic E-state index is 14.2. The Labute approximate surface area is 225 Å². The molecule has 0 saturated heterocycles. The summed E-state index contributed by atoms with van der Waals surface area (Å²) in [5.74, 6) is 0.300. The summed E-state index contributed by atoms with van der Waals surface area (Å²) in [4.78, 5) is 19.8. The van der Waals surface area contributed by atoms with E-state index in [0.29, 0.717) is 36.0 Å². The number of hydrogen-bond donors (Lipinski definition) is 3. The van der Waals surface area contributed by atoms with Gasteiger partial charge in [-0.25, -0.2) is 9.37 Å². The predicted molar refractivity (Wildman–Crippen MR) is 144 cm³/mol. The molecule has 2 aromatic carbocycles. The molecule has 4 aromatic rings. The van der Waals surface area contributed by atoms with Gasteiger partial charge in [0.2, 0.25) is 5.82 Å². The Morgan fingerprint density at radius 3 is 2.79 bits per heavy atom. The number of nitrogens with zero attached hydrogens (tertiary/aromatic N) is 3. The van der Waals surface area contributed by atoms with Gasteiger partial charge in [0.15, 0.2) is 0 Å².